The second kappa shape index (κ2) is 9.76. The molecule has 0 aliphatic heterocycles. The van der Waals surface area contributed by atoms with Crippen LogP contribution in [0.3, 0.4) is 0 Å². The van der Waals surface area contributed by atoms with E-state index in [2.05, 4.69) is 10.0 Å². The molecule has 0 unspecified atom stereocenters. The van der Waals surface area contributed by atoms with E-state index in [9.17, 15) is 13.2 Å². The highest BCUT2D eigenvalue weighted by Crippen LogP contribution is 2.29. The molecule has 2 N–H and O–H groups in total. The molecule has 0 spiro atoms. The molecular weight excluding hydrogens is 392 g/mol. The number of sulfonamides is 1. The molecule has 0 aliphatic rings. The normalized spacial score (nSPS) is 13.4. The van der Waals surface area contributed by atoms with Crippen LogP contribution in [0.25, 0.3) is 0 Å². The second-order valence-electron chi connectivity index (χ2n) is 6.76. The molecule has 0 heterocycles. The molecule has 7 nitrogen and oxygen atoms in total. The van der Waals surface area contributed by atoms with Gasteiger partial charge in [-0.3, -0.25) is 4.79 Å². The van der Waals surface area contributed by atoms with Gasteiger partial charge in [-0.1, -0.05) is 6.92 Å². The predicted molar refractivity (Wildman–Crippen MR) is 112 cm³/mol. The van der Waals surface area contributed by atoms with Gasteiger partial charge in [0.15, 0.2) is 0 Å². The van der Waals surface area contributed by atoms with E-state index in [0.717, 1.165) is 5.56 Å². The highest BCUT2D eigenvalue weighted by atomic mass is 32.2. The monoisotopic (exact) mass is 420 g/mol. The van der Waals surface area contributed by atoms with E-state index < -0.39 is 10.0 Å². The Bertz CT molecular complexity index is 942. The zero-order chi connectivity index (χ0) is 21.6. The van der Waals surface area contributed by atoms with Gasteiger partial charge in [0, 0.05) is 17.2 Å². The van der Waals surface area contributed by atoms with Crippen molar-refractivity contribution in [3.63, 3.8) is 0 Å². The summed E-state index contributed by atoms with van der Waals surface area (Å²) in [5, 5.41) is 2.90. The summed E-state index contributed by atoms with van der Waals surface area (Å²) in [6.45, 7) is 5.54. The highest BCUT2D eigenvalue weighted by Gasteiger charge is 2.19. The lowest BCUT2D eigenvalue weighted by Crippen LogP contribution is -2.32. The number of ether oxygens (including phenoxy) is 2. The molecule has 0 saturated heterocycles. The zero-order valence-corrected chi connectivity index (χ0v) is 18.2. The zero-order valence-electron chi connectivity index (χ0n) is 17.4. The fraction of sp³-hybridized carbons (Fsp3) is 0.381. The third-order valence-corrected chi connectivity index (χ3v) is 6.25. The molecule has 29 heavy (non-hydrogen) atoms. The largest absolute Gasteiger partial charge is 0.497 e. The summed E-state index contributed by atoms with van der Waals surface area (Å²) in [5.74, 6) is 0.975. The van der Waals surface area contributed by atoms with Crippen LogP contribution in [-0.2, 0) is 10.0 Å². The Labute approximate surface area is 172 Å². The molecule has 0 aliphatic carbocycles. The van der Waals surface area contributed by atoms with Crippen molar-refractivity contribution in [2.75, 3.05) is 14.2 Å². The van der Waals surface area contributed by atoms with Gasteiger partial charge in [0.1, 0.15) is 11.5 Å². The lowest BCUT2D eigenvalue weighted by Gasteiger charge is -2.18. The van der Waals surface area contributed by atoms with Crippen LogP contribution in [0, 0.1) is 0 Å². The van der Waals surface area contributed by atoms with Crippen molar-refractivity contribution in [2.45, 2.75) is 44.2 Å². The first-order valence-corrected chi connectivity index (χ1v) is 10.8. The van der Waals surface area contributed by atoms with Gasteiger partial charge in [-0.25, -0.2) is 13.1 Å². The van der Waals surface area contributed by atoms with Crippen molar-refractivity contribution in [3.05, 3.63) is 53.6 Å². The fourth-order valence-electron chi connectivity index (χ4n) is 2.74. The Morgan fingerprint density at radius 3 is 2.24 bits per heavy atom. The van der Waals surface area contributed by atoms with Gasteiger partial charge in [-0.05, 0) is 62.7 Å². The molecule has 0 saturated carbocycles. The average molecular weight is 421 g/mol. The number of benzene rings is 2. The van der Waals surface area contributed by atoms with Crippen molar-refractivity contribution in [2.24, 2.45) is 0 Å². The van der Waals surface area contributed by atoms with Gasteiger partial charge in [0.25, 0.3) is 5.91 Å². The van der Waals surface area contributed by atoms with Crippen LogP contribution in [-0.4, -0.2) is 34.6 Å². The molecule has 2 rings (SSSR count). The third kappa shape index (κ3) is 5.71. The van der Waals surface area contributed by atoms with E-state index in [1.165, 1.54) is 24.3 Å². The van der Waals surface area contributed by atoms with E-state index in [1.54, 1.807) is 39.3 Å². The number of methoxy groups -OCH3 is 2. The molecule has 0 aromatic heterocycles. The number of rotatable bonds is 9. The molecule has 0 radical (unpaired) electrons. The standard InChI is InChI=1S/C21H28N2O5S/c1-6-14(2)23-29(25,26)18-10-7-16(8-11-18)21(24)22-15(3)19-13-17(27-4)9-12-20(19)28-5/h7-15,23H,6H2,1-5H3,(H,22,24)/t14-,15+/m1/s1. The maximum atomic E-state index is 12.6. The van der Waals surface area contributed by atoms with E-state index >= 15 is 0 Å². The van der Waals surface area contributed by atoms with E-state index in [1.807, 2.05) is 13.8 Å². The average Bonchev–Trinajstić information content (AvgIpc) is 2.72. The number of carbonyl (C=O) groups excluding carboxylic acids is 1. The van der Waals surface area contributed by atoms with Crippen LogP contribution in [0.5, 0.6) is 11.5 Å². The van der Waals surface area contributed by atoms with Crippen LogP contribution < -0.4 is 19.5 Å². The van der Waals surface area contributed by atoms with Gasteiger partial charge in [0.05, 0.1) is 25.2 Å². The quantitative estimate of drug-likeness (QED) is 0.649. The van der Waals surface area contributed by atoms with Gasteiger partial charge >= 0.3 is 0 Å². The molecule has 1 amide bonds. The smallest absolute Gasteiger partial charge is 0.251 e. The lowest BCUT2D eigenvalue weighted by molar-refractivity contribution is 0.0939. The topological polar surface area (TPSA) is 93.7 Å². The Morgan fingerprint density at radius 2 is 1.69 bits per heavy atom. The van der Waals surface area contributed by atoms with Crippen LogP contribution in [0.2, 0.25) is 0 Å². The summed E-state index contributed by atoms with van der Waals surface area (Å²) in [6.07, 6.45) is 0.686. The molecule has 0 bridgehead atoms. The maximum absolute atomic E-state index is 12.6. The highest BCUT2D eigenvalue weighted by molar-refractivity contribution is 7.89. The summed E-state index contributed by atoms with van der Waals surface area (Å²) in [4.78, 5) is 12.7. The first-order chi connectivity index (χ1) is 13.7. The van der Waals surface area contributed by atoms with Gasteiger partial charge < -0.3 is 14.8 Å². The van der Waals surface area contributed by atoms with Crippen LogP contribution in [0.1, 0.15) is 49.2 Å². The number of carbonyl (C=O) groups is 1. The number of hydrogen-bond donors (Lipinski definition) is 2. The van der Waals surface area contributed by atoms with Crippen molar-refractivity contribution in [1.82, 2.24) is 10.0 Å². The molecule has 2 aromatic rings. The Morgan fingerprint density at radius 1 is 1.03 bits per heavy atom. The summed E-state index contributed by atoms with van der Waals surface area (Å²) < 4.78 is 37.9. The molecule has 2 atom stereocenters. The van der Waals surface area contributed by atoms with E-state index in [0.29, 0.717) is 23.5 Å². The number of hydrogen-bond acceptors (Lipinski definition) is 5. The SMILES string of the molecule is CC[C@@H](C)NS(=O)(=O)c1ccc(C(=O)N[C@@H](C)c2cc(OC)ccc2OC)cc1. The molecule has 2 aromatic carbocycles. The lowest BCUT2D eigenvalue weighted by atomic mass is 10.1. The van der Waals surface area contributed by atoms with Crippen molar-refractivity contribution in [1.29, 1.82) is 0 Å². The summed E-state index contributed by atoms with van der Waals surface area (Å²) in [7, 11) is -0.477. The third-order valence-electron chi connectivity index (χ3n) is 4.65. The molecule has 0 fully saturated rings. The molecule has 8 heteroatoms. The van der Waals surface area contributed by atoms with Crippen molar-refractivity contribution < 1.29 is 22.7 Å². The maximum Gasteiger partial charge on any atom is 0.251 e. The number of nitrogens with one attached hydrogen (secondary N) is 2. The van der Waals surface area contributed by atoms with E-state index in [-0.39, 0.29) is 22.9 Å². The van der Waals surface area contributed by atoms with Crippen molar-refractivity contribution in [3.8, 4) is 11.5 Å². The number of amides is 1. The molecular formula is C21H28N2O5S. The summed E-state index contributed by atoms with van der Waals surface area (Å²) in [6, 6.07) is 10.7. The van der Waals surface area contributed by atoms with E-state index in [4.69, 9.17) is 9.47 Å². The predicted octanol–water partition coefficient (Wildman–Crippen LogP) is 3.27. The summed E-state index contributed by atoms with van der Waals surface area (Å²) >= 11 is 0. The Balaban J connectivity index is 2.15. The van der Waals surface area contributed by atoms with Gasteiger partial charge in [0.2, 0.25) is 10.0 Å². The second-order valence-corrected chi connectivity index (χ2v) is 8.47. The van der Waals surface area contributed by atoms with Crippen LogP contribution in [0.15, 0.2) is 47.4 Å². The van der Waals surface area contributed by atoms with Crippen molar-refractivity contribution >= 4 is 15.9 Å². The minimum atomic E-state index is -3.61. The minimum Gasteiger partial charge on any atom is -0.497 e. The first-order valence-electron chi connectivity index (χ1n) is 9.37. The van der Waals surface area contributed by atoms with Crippen LogP contribution in [0.4, 0.5) is 0 Å². The Hall–Kier alpha value is -2.58. The van der Waals surface area contributed by atoms with Crippen LogP contribution >= 0.6 is 0 Å². The van der Waals surface area contributed by atoms with Gasteiger partial charge in [-0.15, -0.1) is 0 Å². The first kappa shape index (κ1) is 22.7. The van der Waals surface area contributed by atoms with Gasteiger partial charge in [-0.2, -0.15) is 0 Å². The molecule has 158 valence electrons. The Kier molecular flexibility index (Phi) is 7.64. The fourth-order valence-corrected chi connectivity index (χ4v) is 4.06. The minimum absolute atomic E-state index is 0.122. The summed E-state index contributed by atoms with van der Waals surface area (Å²) in [5.41, 5.74) is 1.14.